The average molecular weight is 675 g/mol. The van der Waals surface area contributed by atoms with Crippen molar-refractivity contribution in [3.8, 4) is 24.7 Å². The van der Waals surface area contributed by atoms with E-state index >= 15 is 0 Å². The highest BCUT2D eigenvalue weighted by Gasteiger charge is 2.26. The first-order chi connectivity index (χ1) is 22.3. The van der Waals surface area contributed by atoms with Gasteiger partial charge in [0, 0.05) is 36.4 Å². The second-order valence-electron chi connectivity index (χ2n) is 11.4. The predicted molar refractivity (Wildman–Crippen MR) is 195 cm³/mol. The first-order valence-corrected chi connectivity index (χ1v) is 16.0. The number of carbonyl (C=O) groups excluding carboxylic acids is 4. The van der Waals surface area contributed by atoms with E-state index in [1.54, 1.807) is 12.2 Å². The number of amides is 4. The molecule has 2 heterocycles. The van der Waals surface area contributed by atoms with Crippen LogP contribution in [-0.2, 0) is 38.1 Å². The van der Waals surface area contributed by atoms with Crippen molar-refractivity contribution >= 4 is 23.6 Å². The quantitative estimate of drug-likeness (QED) is 0.143. The average Bonchev–Trinajstić information content (AvgIpc) is 3.53. The molecule has 0 saturated carbocycles. The monoisotopic (exact) mass is 674 g/mol. The van der Waals surface area contributed by atoms with Crippen LogP contribution in [0.15, 0.2) is 49.6 Å². The van der Waals surface area contributed by atoms with Crippen LogP contribution >= 0.6 is 0 Å². The van der Waals surface area contributed by atoms with Crippen LogP contribution < -0.4 is 0 Å². The van der Waals surface area contributed by atoms with E-state index < -0.39 is 0 Å². The standard InChI is InChI=1S/2C7H9NO2.2C6H12O.2C6H10O/c2*1-5(2)8-6(9)3-4-7(8)10;4*1-4-5-7-6(2)3/h2*3-5H,1-2H3;2*4,6H,1,5H2,2-3H3;2*1,6H,5H2,2-3H3. The summed E-state index contributed by atoms with van der Waals surface area (Å²) < 4.78 is 20.1. The summed E-state index contributed by atoms with van der Waals surface area (Å²) in [6.07, 6.45) is 19.7. The molecule has 0 bridgehead atoms. The molecule has 0 radical (unpaired) electrons. The van der Waals surface area contributed by atoms with Gasteiger partial charge in [-0.15, -0.1) is 26.0 Å². The molecular formula is C38H62N2O8. The van der Waals surface area contributed by atoms with E-state index in [0.717, 1.165) is 0 Å². The number of carbonyl (C=O) groups is 4. The lowest BCUT2D eigenvalue weighted by atomic mass is 10.3. The van der Waals surface area contributed by atoms with Gasteiger partial charge in [-0.25, -0.2) is 0 Å². The van der Waals surface area contributed by atoms with Gasteiger partial charge in [0.1, 0.15) is 13.2 Å². The van der Waals surface area contributed by atoms with Gasteiger partial charge in [0.2, 0.25) is 0 Å². The van der Waals surface area contributed by atoms with Crippen molar-refractivity contribution in [3.05, 3.63) is 49.6 Å². The maximum Gasteiger partial charge on any atom is 0.253 e. The van der Waals surface area contributed by atoms with Gasteiger partial charge in [0.25, 0.3) is 23.6 Å². The number of terminal acetylenes is 2. The second kappa shape index (κ2) is 33.1. The van der Waals surface area contributed by atoms with Gasteiger partial charge in [-0.1, -0.05) is 24.0 Å². The zero-order valence-electron chi connectivity index (χ0n) is 31.5. The summed E-state index contributed by atoms with van der Waals surface area (Å²) >= 11 is 0. The molecule has 0 atom stereocenters. The van der Waals surface area contributed by atoms with Crippen LogP contribution in [-0.4, -0.2) is 96.4 Å². The normalized spacial score (nSPS) is 12.8. The molecule has 0 fully saturated rings. The fourth-order valence-electron chi connectivity index (χ4n) is 2.79. The lowest BCUT2D eigenvalue weighted by molar-refractivity contribution is -0.140. The Labute approximate surface area is 291 Å². The van der Waals surface area contributed by atoms with E-state index in [4.69, 9.17) is 31.8 Å². The summed E-state index contributed by atoms with van der Waals surface area (Å²) in [5.74, 6) is 3.92. The van der Waals surface area contributed by atoms with E-state index in [2.05, 4.69) is 25.0 Å². The first kappa shape index (κ1) is 51.0. The Morgan fingerprint density at radius 3 is 0.854 bits per heavy atom. The van der Waals surface area contributed by atoms with Gasteiger partial charge in [-0.3, -0.25) is 29.0 Å². The van der Waals surface area contributed by atoms with Crippen LogP contribution in [0.3, 0.4) is 0 Å². The maximum absolute atomic E-state index is 10.8. The minimum Gasteiger partial charge on any atom is -0.375 e. The van der Waals surface area contributed by atoms with Gasteiger partial charge < -0.3 is 18.9 Å². The molecule has 2 rings (SSSR count). The Hall–Kier alpha value is -3.80. The summed E-state index contributed by atoms with van der Waals surface area (Å²) in [6.45, 7) is 32.3. The molecule has 0 aromatic rings. The molecular weight excluding hydrogens is 612 g/mol. The van der Waals surface area contributed by atoms with Gasteiger partial charge in [-0.05, 0) is 83.1 Å². The maximum atomic E-state index is 10.8. The molecule has 272 valence electrons. The van der Waals surface area contributed by atoms with Crippen molar-refractivity contribution in [1.29, 1.82) is 0 Å². The van der Waals surface area contributed by atoms with Gasteiger partial charge >= 0.3 is 0 Å². The number of rotatable bonds is 12. The van der Waals surface area contributed by atoms with Crippen LogP contribution in [0.25, 0.3) is 0 Å². The Morgan fingerprint density at radius 2 is 0.771 bits per heavy atom. The largest absolute Gasteiger partial charge is 0.375 e. The fraction of sp³-hybridized carbons (Fsp3) is 0.579. The van der Waals surface area contributed by atoms with Gasteiger partial charge in [-0.2, -0.15) is 0 Å². The van der Waals surface area contributed by atoms with Crippen LogP contribution in [0.2, 0.25) is 0 Å². The smallest absolute Gasteiger partial charge is 0.253 e. The number of imide groups is 2. The molecule has 10 heteroatoms. The molecule has 0 saturated heterocycles. The van der Waals surface area contributed by atoms with Crippen LogP contribution in [0.1, 0.15) is 83.1 Å². The summed E-state index contributed by atoms with van der Waals surface area (Å²) in [4.78, 5) is 45.8. The summed E-state index contributed by atoms with van der Waals surface area (Å²) in [7, 11) is 0. The van der Waals surface area contributed by atoms with E-state index in [1.807, 2.05) is 83.1 Å². The van der Waals surface area contributed by atoms with E-state index in [-0.39, 0.29) is 47.9 Å². The van der Waals surface area contributed by atoms with Crippen LogP contribution in [0, 0.1) is 24.7 Å². The van der Waals surface area contributed by atoms with Crippen molar-refractivity contribution < 1.29 is 38.1 Å². The SMILES string of the molecule is C#CCOC(C)C.C#CCOC(C)C.C=CCOC(C)C.C=CCOC(C)C.CC(C)N1C(=O)C=CC1=O.CC(C)N1C(=O)C=CC1=O. The third-order valence-electron chi connectivity index (χ3n) is 4.81. The minimum absolute atomic E-state index is 0.0324. The third kappa shape index (κ3) is 33.6. The Balaban J connectivity index is -0.000000245. The third-order valence-corrected chi connectivity index (χ3v) is 4.81. The summed E-state index contributed by atoms with van der Waals surface area (Å²) in [6, 6.07) is -0.0648. The van der Waals surface area contributed by atoms with E-state index in [1.165, 1.54) is 34.1 Å². The second-order valence-corrected chi connectivity index (χ2v) is 11.4. The summed E-state index contributed by atoms with van der Waals surface area (Å²) in [5, 5.41) is 0. The molecule has 0 aromatic carbocycles. The highest BCUT2D eigenvalue weighted by atomic mass is 16.5. The van der Waals surface area contributed by atoms with Crippen molar-refractivity contribution in [2.45, 2.75) is 120 Å². The van der Waals surface area contributed by atoms with Crippen molar-refractivity contribution in [2.75, 3.05) is 26.4 Å². The van der Waals surface area contributed by atoms with Crippen molar-refractivity contribution in [3.63, 3.8) is 0 Å². The molecule has 0 unspecified atom stereocenters. The lowest BCUT2D eigenvalue weighted by Gasteiger charge is -2.17. The Morgan fingerprint density at radius 1 is 0.542 bits per heavy atom. The molecule has 2 aliphatic heterocycles. The zero-order chi connectivity index (χ0) is 38.2. The first-order valence-electron chi connectivity index (χ1n) is 16.0. The lowest BCUT2D eigenvalue weighted by Crippen LogP contribution is -2.36. The number of nitrogens with zero attached hydrogens (tertiary/aromatic N) is 2. The Kier molecular flexibility index (Phi) is 35.2. The molecule has 48 heavy (non-hydrogen) atoms. The van der Waals surface area contributed by atoms with Crippen LogP contribution in [0.5, 0.6) is 0 Å². The van der Waals surface area contributed by atoms with Gasteiger partial charge in [0.15, 0.2) is 0 Å². The molecule has 0 N–H and O–H groups in total. The van der Waals surface area contributed by atoms with Gasteiger partial charge in [0.05, 0.1) is 37.6 Å². The molecule has 2 aliphatic rings. The zero-order valence-corrected chi connectivity index (χ0v) is 31.5. The van der Waals surface area contributed by atoms with E-state index in [0.29, 0.717) is 38.6 Å². The van der Waals surface area contributed by atoms with Crippen LogP contribution in [0.4, 0.5) is 0 Å². The number of ether oxygens (including phenoxy) is 4. The molecule has 0 spiro atoms. The molecule has 10 nitrogen and oxygen atoms in total. The van der Waals surface area contributed by atoms with Crippen molar-refractivity contribution in [1.82, 2.24) is 9.80 Å². The molecule has 0 aromatic heterocycles. The predicted octanol–water partition coefficient (Wildman–Crippen LogP) is 5.92. The highest BCUT2D eigenvalue weighted by Crippen LogP contribution is 2.08. The molecule has 4 amide bonds. The highest BCUT2D eigenvalue weighted by molar-refractivity contribution is 6.13. The topological polar surface area (TPSA) is 112 Å². The minimum atomic E-state index is -0.208. The fourth-order valence-corrected chi connectivity index (χ4v) is 2.79. The Bertz CT molecular complexity index is 938. The van der Waals surface area contributed by atoms with E-state index in [9.17, 15) is 19.2 Å². The number of hydrogen-bond donors (Lipinski definition) is 0. The summed E-state index contributed by atoms with van der Waals surface area (Å²) in [5.41, 5.74) is 0. The van der Waals surface area contributed by atoms with Crippen molar-refractivity contribution in [2.24, 2.45) is 0 Å². The number of hydrogen-bond acceptors (Lipinski definition) is 8. The molecule has 0 aliphatic carbocycles.